The van der Waals surface area contributed by atoms with Gasteiger partial charge in [0.25, 0.3) is 0 Å². The van der Waals surface area contributed by atoms with Crippen LogP contribution in [0.3, 0.4) is 0 Å². The van der Waals surface area contributed by atoms with Crippen molar-refractivity contribution < 1.29 is 0 Å². The standard InChI is InChI=1S/C19H21NS/c1-13-5-3-4-6-17(13)20-14(2)18-7-9-19(20,10-8-18)16-12-21-11-15(16)18/h3-6,11-12,14H,7-10H2,1-2H3. The number of nitrogens with zero attached hydrogens (tertiary/aromatic N) is 1. The molecule has 1 aromatic heterocycles. The topological polar surface area (TPSA) is 3.24 Å². The van der Waals surface area contributed by atoms with E-state index >= 15 is 0 Å². The number of piperidine rings is 2. The molecule has 0 N–H and O–H groups in total. The van der Waals surface area contributed by atoms with Crippen molar-refractivity contribution in [1.29, 1.82) is 0 Å². The van der Waals surface area contributed by atoms with E-state index in [1.807, 2.05) is 11.3 Å². The molecule has 8 rings (SSSR count). The first-order valence-corrected chi connectivity index (χ1v) is 9.05. The van der Waals surface area contributed by atoms with E-state index in [0.29, 0.717) is 11.5 Å². The van der Waals surface area contributed by atoms with Gasteiger partial charge in [-0.05, 0) is 73.0 Å². The molecule has 2 aromatic rings. The molecule has 1 atom stereocenters. The third-order valence-corrected chi connectivity index (χ3v) is 7.44. The third kappa shape index (κ3) is 1.21. The Morgan fingerprint density at radius 1 is 1.05 bits per heavy atom. The number of para-hydroxylation sites is 1. The highest BCUT2D eigenvalue weighted by molar-refractivity contribution is 7.08. The van der Waals surface area contributed by atoms with E-state index in [-0.39, 0.29) is 5.54 Å². The summed E-state index contributed by atoms with van der Waals surface area (Å²) >= 11 is 1.92. The van der Waals surface area contributed by atoms with Crippen molar-refractivity contribution in [2.75, 3.05) is 4.90 Å². The molecule has 3 aliphatic carbocycles. The molecule has 3 aliphatic heterocycles. The first-order valence-electron chi connectivity index (χ1n) is 8.11. The minimum Gasteiger partial charge on any atom is -0.358 e. The molecule has 21 heavy (non-hydrogen) atoms. The summed E-state index contributed by atoms with van der Waals surface area (Å²) in [5, 5.41) is 4.90. The maximum atomic E-state index is 2.80. The van der Waals surface area contributed by atoms with Crippen LogP contribution in [0.25, 0.3) is 0 Å². The van der Waals surface area contributed by atoms with Crippen LogP contribution in [0, 0.1) is 6.92 Å². The molecule has 2 saturated heterocycles. The lowest BCUT2D eigenvalue weighted by atomic mass is 9.48. The average molecular weight is 295 g/mol. The number of aryl methyl sites for hydroxylation is 1. The quantitative estimate of drug-likeness (QED) is 0.716. The van der Waals surface area contributed by atoms with Crippen LogP contribution < -0.4 is 4.90 Å². The van der Waals surface area contributed by atoms with Crippen molar-refractivity contribution in [1.82, 2.24) is 0 Å². The highest BCUT2D eigenvalue weighted by Gasteiger charge is 2.65. The Morgan fingerprint density at radius 3 is 2.52 bits per heavy atom. The van der Waals surface area contributed by atoms with Crippen molar-refractivity contribution >= 4 is 17.0 Å². The van der Waals surface area contributed by atoms with Crippen molar-refractivity contribution in [2.24, 2.45) is 0 Å². The fourth-order valence-electron chi connectivity index (χ4n) is 5.60. The molecule has 0 amide bonds. The Balaban J connectivity index is 1.80. The molecule has 4 heterocycles. The zero-order valence-corrected chi connectivity index (χ0v) is 13.5. The lowest BCUT2D eigenvalue weighted by Crippen LogP contribution is -2.71. The van der Waals surface area contributed by atoms with Crippen molar-refractivity contribution in [3.63, 3.8) is 0 Å². The van der Waals surface area contributed by atoms with E-state index in [1.165, 1.54) is 36.9 Å². The van der Waals surface area contributed by atoms with Crippen LogP contribution in [0.15, 0.2) is 35.0 Å². The molecule has 3 fully saturated rings. The number of rotatable bonds is 1. The normalized spacial score (nSPS) is 36.1. The van der Waals surface area contributed by atoms with Crippen LogP contribution in [0.1, 0.15) is 49.3 Å². The summed E-state index contributed by atoms with van der Waals surface area (Å²) in [5.74, 6) is 0. The second kappa shape index (κ2) is 3.73. The molecule has 108 valence electrons. The highest BCUT2D eigenvalue weighted by atomic mass is 32.1. The molecular formula is C19H21NS. The molecule has 1 unspecified atom stereocenters. The van der Waals surface area contributed by atoms with E-state index in [9.17, 15) is 0 Å². The summed E-state index contributed by atoms with van der Waals surface area (Å²) < 4.78 is 0. The maximum absolute atomic E-state index is 2.80. The summed E-state index contributed by atoms with van der Waals surface area (Å²) in [7, 11) is 0. The fourth-order valence-corrected chi connectivity index (χ4v) is 6.64. The van der Waals surface area contributed by atoms with Crippen molar-refractivity contribution in [3.05, 3.63) is 51.7 Å². The number of hydrogen-bond donors (Lipinski definition) is 0. The first kappa shape index (κ1) is 12.3. The fraction of sp³-hybridized carbons (Fsp3) is 0.474. The maximum Gasteiger partial charge on any atom is 0.0668 e. The number of anilines is 1. The first-order chi connectivity index (χ1) is 10.2. The highest BCUT2D eigenvalue weighted by Crippen LogP contribution is 2.67. The molecule has 6 aliphatic rings. The molecule has 2 heteroatoms. The van der Waals surface area contributed by atoms with E-state index in [1.54, 1.807) is 11.1 Å². The van der Waals surface area contributed by atoms with Crippen LogP contribution in [-0.4, -0.2) is 6.04 Å². The monoisotopic (exact) mass is 295 g/mol. The molecule has 1 saturated carbocycles. The van der Waals surface area contributed by atoms with E-state index in [2.05, 4.69) is 53.8 Å². The molecule has 0 spiro atoms. The van der Waals surface area contributed by atoms with Gasteiger partial charge in [0, 0.05) is 17.1 Å². The lowest BCUT2D eigenvalue weighted by molar-refractivity contribution is 0.0565. The van der Waals surface area contributed by atoms with Gasteiger partial charge in [0.1, 0.15) is 0 Å². The van der Waals surface area contributed by atoms with E-state index in [4.69, 9.17) is 0 Å². The van der Waals surface area contributed by atoms with Crippen LogP contribution >= 0.6 is 11.3 Å². The van der Waals surface area contributed by atoms with Gasteiger partial charge in [0.15, 0.2) is 0 Å². The van der Waals surface area contributed by atoms with E-state index < -0.39 is 0 Å². The second-order valence-electron chi connectivity index (χ2n) is 7.22. The summed E-state index contributed by atoms with van der Waals surface area (Å²) in [6.07, 6.45) is 5.46. The summed E-state index contributed by atoms with van der Waals surface area (Å²) in [5.41, 5.74) is 6.93. The third-order valence-electron chi connectivity index (χ3n) is 6.69. The van der Waals surface area contributed by atoms with Gasteiger partial charge in [-0.3, -0.25) is 0 Å². The summed E-state index contributed by atoms with van der Waals surface area (Å²) in [4.78, 5) is 2.80. The van der Waals surface area contributed by atoms with Gasteiger partial charge in [-0.15, -0.1) is 0 Å². The van der Waals surface area contributed by atoms with Crippen LogP contribution in [0.2, 0.25) is 0 Å². The Bertz CT molecular complexity index is 721. The summed E-state index contributed by atoms with van der Waals surface area (Å²) in [6.45, 7) is 4.74. The zero-order chi connectivity index (χ0) is 14.2. The van der Waals surface area contributed by atoms with Crippen molar-refractivity contribution in [3.8, 4) is 0 Å². The Labute approximate surface area is 130 Å². The minimum atomic E-state index is 0.279. The number of thiophene rings is 1. The predicted octanol–water partition coefficient (Wildman–Crippen LogP) is 4.99. The van der Waals surface area contributed by atoms with E-state index in [0.717, 1.165) is 0 Å². The zero-order valence-electron chi connectivity index (χ0n) is 12.7. The van der Waals surface area contributed by atoms with Gasteiger partial charge in [0.05, 0.1) is 5.54 Å². The number of benzene rings is 1. The van der Waals surface area contributed by atoms with Crippen LogP contribution in [0.4, 0.5) is 5.69 Å². The van der Waals surface area contributed by atoms with Crippen molar-refractivity contribution in [2.45, 2.75) is 56.5 Å². The molecule has 1 aromatic carbocycles. The Morgan fingerprint density at radius 2 is 1.76 bits per heavy atom. The second-order valence-corrected chi connectivity index (χ2v) is 7.96. The van der Waals surface area contributed by atoms with Crippen LogP contribution in [0.5, 0.6) is 0 Å². The van der Waals surface area contributed by atoms with Gasteiger partial charge in [0.2, 0.25) is 0 Å². The Hall–Kier alpha value is -1.28. The lowest BCUT2D eigenvalue weighted by Gasteiger charge is -2.69. The molecule has 2 bridgehead atoms. The van der Waals surface area contributed by atoms with Gasteiger partial charge in [-0.2, -0.15) is 11.3 Å². The average Bonchev–Trinajstić information content (AvgIpc) is 3.02. The summed E-state index contributed by atoms with van der Waals surface area (Å²) in [6, 6.07) is 9.59. The molecular weight excluding hydrogens is 274 g/mol. The Kier molecular flexibility index (Phi) is 2.18. The number of hydrogen-bond acceptors (Lipinski definition) is 2. The van der Waals surface area contributed by atoms with Gasteiger partial charge in [-0.25, -0.2) is 0 Å². The molecule has 0 radical (unpaired) electrons. The smallest absolute Gasteiger partial charge is 0.0668 e. The van der Waals surface area contributed by atoms with Gasteiger partial charge in [-0.1, -0.05) is 18.2 Å². The van der Waals surface area contributed by atoms with Gasteiger partial charge >= 0.3 is 0 Å². The predicted molar refractivity (Wildman–Crippen MR) is 89.3 cm³/mol. The van der Waals surface area contributed by atoms with Crippen LogP contribution in [-0.2, 0) is 11.0 Å². The SMILES string of the molecule is Cc1ccccc1N1C(C)C23CCC1(CC2)c1cscc13. The minimum absolute atomic E-state index is 0.279. The van der Waals surface area contributed by atoms with Gasteiger partial charge < -0.3 is 4.90 Å². The molecule has 1 nitrogen and oxygen atoms in total. The largest absolute Gasteiger partial charge is 0.358 e.